The van der Waals surface area contributed by atoms with Crippen molar-refractivity contribution in [1.82, 2.24) is 0 Å². The minimum atomic E-state index is -4.24. The summed E-state index contributed by atoms with van der Waals surface area (Å²) in [6.45, 7) is 1.92. The molecule has 0 spiro atoms. The maximum Gasteiger partial charge on any atom is 0.393 e. The van der Waals surface area contributed by atoms with Crippen LogP contribution in [0.15, 0.2) is 18.2 Å². The van der Waals surface area contributed by atoms with Crippen LogP contribution in [0.3, 0.4) is 0 Å². The smallest absolute Gasteiger partial charge is 0.368 e. The summed E-state index contributed by atoms with van der Waals surface area (Å²) in [5.41, 5.74) is 6.56. The Hall–Kier alpha value is -1.30. The number of para-hydroxylation sites is 1. The topological polar surface area (TPSA) is 29.3 Å². The summed E-state index contributed by atoms with van der Waals surface area (Å²) < 4.78 is 52.6. The van der Waals surface area contributed by atoms with E-state index in [-0.39, 0.29) is 18.7 Å². The molecule has 112 valence electrons. The van der Waals surface area contributed by atoms with Crippen LogP contribution in [-0.4, -0.2) is 19.3 Å². The number of benzene rings is 1. The lowest BCUT2D eigenvalue weighted by Gasteiger charge is -2.36. The molecule has 1 fully saturated rings. The highest BCUT2D eigenvalue weighted by atomic mass is 19.4. The maximum absolute atomic E-state index is 14.0. The molecule has 1 saturated heterocycles. The zero-order chi connectivity index (χ0) is 14.9. The monoisotopic (exact) mass is 290 g/mol. The Bertz CT molecular complexity index is 471. The fourth-order valence-corrected chi connectivity index (χ4v) is 2.68. The Morgan fingerprint density at radius 1 is 1.35 bits per heavy atom. The van der Waals surface area contributed by atoms with Crippen LogP contribution in [0.5, 0.6) is 0 Å². The second-order valence-electron chi connectivity index (χ2n) is 5.29. The molecular weight excluding hydrogens is 272 g/mol. The first kappa shape index (κ1) is 15.1. The average Bonchev–Trinajstić information content (AvgIpc) is 2.37. The van der Waals surface area contributed by atoms with Crippen LogP contribution in [0.1, 0.15) is 31.4 Å². The molecule has 1 aliphatic rings. The van der Waals surface area contributed by atoms with Crippen molar-refractivity contribution in [1.29, 1.82) is 0 Å². The maximum atomic E-state index is 14.0. The molecule has 2 nitrogen and oxygen atoms in total. The van der Waals surface area contributed by atoms with Crippen molar-refractivity contribution in [3.05, 3.63) is 29.6 Å². The quantitative estimate of drug-likeness (QED) is 0.843. The molecule has 1 unspecified atom stereocenters. The largest absolute Gasteiger partial charge is 0.393 e. The molecule has 0 saturated carbocycles. The molecule has 6 heteroatoms. The van der Waals surface area contributed by atoms with Crippen molar-refractivity contribution in [2.45, 2.75) is 32.0 Å². The molecule has 0 aromatic heterocycles. The number of piperidine rings is 1. The predicted molar refractivity (Wildman–Crippen MR) is 70.0 cm³/mol. The third-order valence-corrected chi connectivity index (χ3v) is 3.71. The lowest BCUT2D eigenvalue weighted by molar-refractivity contribution is -0.176. The zero-order valence-electron chi connectivity index (χ0n) is 11.3. The van der Waals surface area contributed by atoms with Crippen molar-refractivity contribution >= 4 is 5.69 Å². The first-order chi connectivity index (χ1) is 9.30. The number of alkyl halides is 3. The molecule has 20 heavy (non-hydrogen) atoms. The van der Waals surface area contributed by atoms with Crippen LogP contribution in [0, 0.1) is 11.7 Å². The molecule has 1 aromatic rings. The van der Waals surface area contributed by atoms with Crippen molar-refractivity contribution in [3.63, 3.8) is 0 Å². The Labute approximate surface area is 115 Å². The molecule has 2 atom stereocenters. The van der Waals surface area contributed by atoms with Crippen LogP contribution in [-0.2, 0) is 0 Å². The van der Waals surface area contributed by atoms with Crippen LogP contribution in [0.25, 0.3) is 0 Å². The van der Waals surface area contributed by atoms with E-state index < -0.39 is 24.0 Å². The van der Waals surface area contributed by atoms with Gasteiger partial charge < -0.3 is 10.6 Å². The summed E-state index contributed by atoms with van der Waals surface area (Å²) in [4.78, 5) is 1.48. The normalized spacial score (nSPS) is 21.9. The lowest BCUT2D eigenvalue weighted by Crippen LogP contribution is -2.42. The number of nitrogens with zero attached hydrogens (tertiary/aromatic N) is 1. The molecule has 1 heterocycles. The van der Waals surface area contributed by atoms with Crippen LogP contribution in [0.4, 0.5) is 23.2 Å². The third-order valence-electron chi connectivity index (χ3n) is 3.71. The van der Waals surface area contributed by atoms with Gasteiger partial charge in [-0.25, -0.2) is 4.39 Å². The third kappa shape index (κ3) is 3.06. The van der Waals surface area contributed by atoms with Crippen LogP contribution >= 0.6 is 0 Å². The summed E-state index contributed by atoms with van der Waals surface area (Å²) in [7, 11) is 0. The van der Waals surface area contributed by atoms with Gasteiger partial charge in [-0.1, -0.05) is 12.1 Å². The van der Waals surface area contributed by atoms with Crippen LogP contribution < -0.4 is 10.6 Å². The van der Waals surface area contributed by atoms with E-state index in [9.17, 15) is 17.6 Å². The van der Waals surface area contributed by atoms with E-state index in [0.717, 1.165) is 0 Å². The highest BCUT2D eigenvalue weighted by Crippen LogP contribution is 2.37. The van der Waals surface area contributed by atoms with E-state index in [1.807, 2.05) is 0 Å². The Morgan fingerprint density at radius 2 is 2.05 bits per heavy atom. The second-order valence-corrected chi connectivity index (χ2v) is 5.29. The van der Waals surface area contributed by atoms with Gasteiger partial charge >= 0.3 is 6.18 Å². The predicted octanol–water partition coefficient (Wildman–Crippen LogP) is 3.62. The number of rotatable bonds is 2. The molecule has 2 N–H and O–H groups in total. The van der Waals surface area contributed by atoms with Gasteiger partial charge in [0.2, 0.25) is 0 Å². The molecule has 0 amide bonds. The standard InChI is InChI=1S/C14H18F4N2/c1-9(19)11-5-2-6-12(15)13(11)20-7-3-4-10(8-20)14(16,17)18/h2,5-6,9-10H,3-4,7-8,19H2,1H3/t9-,10?/m0/s1. The minimum Gasteiger partial charge on any atom is -0.368 e. The van der Waals surface area contributed by atoms with E-state index in [0.29, 0.717) is 18.5 Å². The summed E-state index contributed by atoms with van der Waals surface area (Å²) in [5, 5.41) is 0. The van der Waals surface area contributed by atoms with Crippen molar-refractivity contribution in [2.24, 2.45) is 11.7 Å². The molecule has 0 bridgehead atoms. The van der Waals surface area contributed by atoms with Gasteiger partial charge in [-0.3, -0.25) is 0 Å². The first-order valence-electron chi connectivity index (χ1n) is 6.66. The van der Waals surface area contributed by atoms with Gasteiger partial charge in [0, 0.05) is 19.1 Å². The lowest BCUT2D eigenvalue weighted by atomic mass is 9.95. The summed E-state index contributed by atoms with van der Waals surface area (Å²) in [5.74, 6) is -1.92. The molecule has 1 aromatic carbocycles. The van der Waals surface area contributed by atoms with Crippen molar-refractivity contribution < 1.29 is 17.6 Å². The minimum absolute atomic E-state index is 0.0992. The van der Waals surface area contributed by atoms with Crippen LogP contribution in [0.2, 0.25) is 0 Å². The van der Waals surface area contributed by atoms with Crippen molar-refractivity contribution in [2.75, 3.05) is 18.0 Å². The fourth-order valence-electron chi connectivity index (χ4n) is 2.68. The number of hydrogen-bond donors (Lipinski definition) is 1. The summed E-state index contributed by atoms with van der Waals surface area (Å²) in [6, 6.07) is 4.04. The number of hydrogen-bond acceptors (Lipinski definition) is 2. The molecule has 0 radical (unpaired) electrons. The molecule has 0 aliphatic carbocycles. The molecule has 2 rings (SSSR count). The number of halogens is 4. The van der Waals surface area contributed by atoms with Gasteiger partial charge in [-0.2, -0.15) is 13.2 Å². The van der Waals surface area contributed by atoms with Gasteiger partial charge in [0.25, 0.3) is 0 Å². The molecular formula is C14H18F4N2. The van der Waals surface area contributed by atoms with Gasteiger partial charge in [0.15, 0.2) is 0 Å². The highest BCUT2D eigenvalue weighted by molar-refractivity contribution is 5.56. The zero-order valence-corrected chi connectivity index (χ0v) is 11.3. The number of nitrogens with two attached hydrogens (primary N) is 1. The summed E-state index contributed by atoms with van der Waals surface area (Å²) >= 11 is 0. The Balaban J connectivity index is 2.32. The van der Waals surface area contributed by atoms with E-state index in [4.69, 9.17) is 5.73 Å². The van der Waals surface area contributed by atoms with E-state index in [1.54, 1.807) is 13.0 Å². The van der Waals surface area contributed by atoms with Gasteiger partial charge in [-0.05, 0) is 31.4 Å². The fraction of sp³-hybridized carbons (Fsp3) is 0.571. The van der Waals surface area contributed by atoms with E-state index >= 15 is 0 Å². The van der Waals surface area contributed by atoms with Crippen molar-refractivity contribution in [3.8, 4) is 0 Å². The Kier molecular flexibility index (Phi) is 4.22. The first-order valence-corrected chi connectivity index (χ1v) is 6.66. The average molecular weight is 290 g/mol. The van der Waals surface area contributed by atoms with Gasteiger partial charge in [-0.15, -0.1) is 0 Å². The second kappa shape index (κ2) is 5.60. The van der Waals surface area contributed by atoms with E-state index in [1.165, 1.54) is 17.0 Å². The summed E-state index contributed by atoms with van der Waals surface area (Å²) in [6.07, 6.45) is -3.74. The highest BCUT2D eigenvalue weighted by Gasteiger charge is 2.42. The van der Waals surface area contributed by atoms with Gasteiger partial charge in [0.05, 0.1) is 11.6 Å². The van der Waals surface area contributed by atoms with Gasteiger partial charge in [0.1, 0.15) is 5.82 Å². The SMILES string of the molecule is C[C@H](N)c1cccc(F)c1N1CCCC(C(F)(F)F)C1. The Morgan fingerprint density at radius 3 is 2.65 bits per heavy atom. The number of anilines is 1. The molecule has 1 aliphatic heterocycles. The van der Waals surface area contributed by atoms with E-state index in [2.05, 4.69) is 0 Å².